The fourth-order valence-electron chi connectivity index (χ4n) is 4.52. The zero-order valence-electron chi connectivity index (χ0n) is 19.1. The Balaban J connectivity index is 1.62. The van der Waals surface area contributed by atoms with Crippen molar-refractivity contribution in [1.82, 2.24) is 14.5 Å². The summed E-state index contributed by atoms with van der Waals surface area (Å²) in [5, 5.41) is 5.12. The minimum absolute atomic E-state index is 0.216. The number of nitrogens with one attached hydrogen (secondary N) is 1. The summed E-state index contributed by atoms with van der Waals surface area (Å²) < 4.78 is 7.79. The molecule has 1 aromatic heterocycles. The largest absolute Gasteiger partial charge is 0.381 e. The highest BCUT2D eigenvalue weighted by Gasteiger charge is 2.18. The molecule has 0 atom stereocenters. The van der Waals surface area contributed by atoms with Crippen molar-refractivity contribution in [1.29, 1.82) is 0 Å². The summed E-state index contributed by atoms with van der Waals surface area (Å²) in [5.74, 6) is 0. The quantitative estimate of drug-likeness (QED) is 0.320. The number of hydrogen-bond donors (Lipinski definition) is 1. The van der Waals surface area contributed by atoms with Crippen LogP contribution in [0.3, 0.4) is 0 Å². The third-order valence-electron chi connectivity index (χ3n) is 6.24. The van der Waals surface area contributed by atoms with E-state index in [0.29, 0.717) is 5.02 Å². The van der Waals surface area contributed by atoms with Crippen LogP contribution in [0, 0.1) is 0 Å². The van der Waals surface area contributed by atoms with Crippen molar-refractivity contribution < 1.29 is 4.74 Å². The van der Waals surface area contributed by atoms with Gasteiger partial charge in [-0.25, -0.2) is 4.98 Å². The van der Waals surface area contributed by atoms with Gasteiger partial charge in [0.15, 0.2) is 0 Å². The highest BCUT2D eigenvalue weighted by molar-refractivity contribution is 6.30. The smallest absolute Gasteiger partial charge is 0.0900 e. The molecule has 0 spiro atoms. The van der Waals surface area contributed by atoms with Gasteiger partial charge in [-0.3, -0.25) is 9.98 Å². The number of para-hydroxylation sites is 2. The molecule has 0 saturated carbocycles. The molecule has 0 unspecified atom stereocenters. The molecule has 174 valence electrons. The summed E-state index contributed by atoms with van der Waals surface area (Å²) in [4.78, 5) is 14.4. The van der Waals surface area contributed by atoms with E-state index in [2.05, 4.69) is 33.1 Å². The molecule has 6 rings (SSSR count). The number of anilines is 2. The Morgan fingerprint density at radius 1 is 0.971 bits per heavy atom. The van der Waals surface area contributed by atoms with Gasteiger partial charge >= 0.3 is 0 Å². The van der Waals surface area contributed by atoms with E-state index < -0.39 is 0 Å². The number of halogens is 1. The lowest BCUT2D eigenvalue weighted by atomic mass is 10.1. The van der Waals surface area contributed by atoms with Crippen LogP contribution in [0.4, 0.5) is 11.4 Å². The lowest BCUT2D eigenvalue weighted by Crippen LogP contribution is -2.23. The number of ether oxygens (including phenoxy) is 1. The first kappa shape index (κ1) is 21.8. The van der Waals surface area contributed by atoms with Crippen LogP contribution in [-0.4, -0.2) is 33.8 Å². The van der Waals surface area contributed by atoms with Crippen LogP contribution in [0.2, 0.25) is 5.02 Å². The van der Waals surface area contributed by atoms with Crippen molar-refractivity contribution in [3.8, 4) is 17.1 Å². The number of benzene rings is 3. The lowest BCUT2D eigenvalue weighted by molar-refractivity contribution is 0.0864. The Kier molecular flexibility index (Phi) is 5.90. The molecular weight excluding hydrogens is 458 g/mol. The summed E-state index contributed by atoms with van der Waals surface area (Å²) in [6, 6.07) is 24.4. The fourth-order valence-corrected chi connectivity index (χ4v) is 4.65. The van der Waals surface area contributed by atoms with E-state index in [4.69, 9.17) is 26.3 Å². The van der Waals surface area contributed by atoms with Crippen LogP contribution in [-0.2, 0) is 4.74 Å². The molecule has 0 amide bonds. The maximum absolute atomic E-state index is 6.21. The Hall–Kier alpha value is -3.74. The molecule has 7 heteroatoms. The van der Waals surface area contributed by atoms with Crippen LogP contribution >= 0.6 is 11.6 Å². The lowest BCUT2D eigenvalue weighted by Gasteiger charge is -2.22. The summed E-state index contributed by atoms with van der Waals surface area (Å²) in [6.07, 6.45) is 5.40. The van der Waals surface area contributed by atoms with Crippen LogP contribution in [0.15, 0.2) is 90.2 Å². The monoisotopic (exact) mass is 481 g/mol. The molecule has 6 nitrogen and oxygen atoms in total. The molecule has 0 bridgehead atoms. The molecule has 3 aliphatic rings. The van der Waals surface area contributed by atoms with Gasteiger partial charge in [-0.1, -0.05) is 23.7 Å². The van der Waals surface area contributed by atoms with E-state index in [1.54, 1.807) is 6.20 Å². The van der Waals surface area contributed by atoms with Gasteiger partial charge in [0.2, 0.25) is 0 Å². The summed E-state index contributed by atoms with van der Waals surface area (Å²) in [7, 11) is 0. The van der Waals surface area contributed by atoms with Gasteiger partial charge in [-0.05, 0) is 73.5 Å². The molecule has 1 aliphatic carbocycles. The Labute approximate surface area is 208 Å². The predicted octanol–water partition coefficient (Wildman–Crippen LogP) is 6.00. The normalized spacial score (nSPS) is 15.1. The Morgan fingerprint density at radius 3 is 2.60 bits per heavy atom. The van der Waals surface area contributed by atoms with Gasteiger partial charge in [0, 0.05) is 30.1 Å². The highest BCUT2D eigenvalue weighted by Crippen LogP contribution is 2.31. The predicted molar refractivity (Wildman–Crippen MR) is 140 cm³/mol. The van der Waals surface area contributed by atoms with E-state index >= 15 is 0 Å². The number of hydrogen-bond acceptors (Lipinski definition) is 5. The number of rotatable bonds is 4. The van der Waals surface area contributed by atoms with Crippen LogP contribution in [0.25, 0.3) is 28.1 Å². The van der Waals surface area contributed by atoms with E-state index in [-0.39, 0.29) is 6.04 Å². The van der Waals surface area contributed by atoms with Crippen LogP contribution in [0.5, 0.6) is 0 Å². The minimum atomic E-state index is 0.216. The zero-order chi connectivity index (χ0) is 23.6. The average Bonchev–Trinajstić information content (AvgIpc) is 2.90. The first-order chi connectivity index (χ1) is 17.2. The van der Waals surface area contributed by atoms with Crippen molar-refractivity contribution in [3.05, 3.63) is 95.6 Å². The number of pyridine rings is 1. The molecule has 0 radical (unpaired) electrons. The van der Waals surface area contributed by atoms with Crippen molar-refractivity contribution in [3.63, 3.8) is 0 Å². The summed E-state index contributed by atoms with van der Waals surface area (Å²) in [5.41, 5.74) is 6.61. The molecule has 1 fully saturated rings. The van der Waals surface area contributed by atoms with Crippen LogP contribution in [0.1, 0.15) is 12.8 Å². The maximum atomic E-state index is 6.21. The van der Waals surface area contributed by atoms with Crippen molar-refractivity contribution in [2.24, 2.45) is 4.99 Å². The van der Waals surface area contributed by atoms with Crippen LogP contribution < -0.4 is 10.7 Å². The topological polar surface area (TPSA) is 64.3 Å². The molecule has 2 aromatic carbocycles. The Bertz CT molecular complexity index is 1510. The van der Waals surface area contributed by atoms with E-state index in [0.717, 1.165) is 70.9 Å². The summed E-state index contributed by atoms with van der Waals surface area (Å²) in [6.45, 7) is 1.48. The average molecular weight is 482 g/mol. The first-order valence-electron chi connectivity index (χ1n) is 11.7. The van der Waals surface area contributed by atoms with Gasteiger partial charge in [0.25, 0.3) is 0 Å². The Morgan fingerprint density at radius 2 is 1.80 bits per heavy atom. The maximum Gasteiger partial charge on any atom is 0.0900 e. The van der Waals surface area contributed by atoms with Gasteiger partial charge < -0.3 is 14.6 Å². The van der Waals surface area contributed by atoms with E-state index in [9.17, 15) is 0 Å². The molecule has 1 N–H and O–H groups in total. The summed E-state index contributed by atoms with van der Waals surface area (Å²) >= 11 is 6.21. The molecule has 3 heterocycles. The molecular formula is C28H24ClN5O. The first-order valence-corrected chi connectivity index (χ1v) is 12.1. The standard InChI is InChI=1S/C28H24ClN5O/c29-19-7-9-22(10-8-19)34-27-6-2-1-5-23(27)33-26-16-24(32-21-4-3-13-30-18-21)25(17-28(26)34)31-20-11-14-35-15-12-20/h1-10,13,16-18,20,32H,11-12,14-15H2/b31-25+. The molecule has 1 saturated heterocycles. The third kappa shape index (κ3) is 4.50. The second kappa shape index (κ2) is 9.49. The minimum Gasteiger partial charge on any atom is -0.381 e. The third-order valence-corrected chi connectivity index (χ3v) is 6.49. The number of fused-ring (bicyclic) bond motifs is 2. The molecule has 3 aromatic rings. The van der Waals surface area contributed by atoms with E-state index in [1.807, 2.05) is 60.8 Å². The van der Waals surface area contributed by atoms with Crippen molar-refractivity contribution >= 4 is 34.0 Å². The van der Waals surface area contributed by atoms with Gasteiger partial charge in [-0.2, -0.15) is 0 Å². The van der Waals surface area contributed by atoms with E-state index in [1.165, 1.54) is 0 Å². The van der Waals surface area contributed by atoms with Gasteiger partial charge in [0.05, 0.1) is 51.4 Å². The highest BCUT2D eigenvalue weighted by atomic mass is 35.5. The second-order valence-corrected chi connectivity index (χ2v) is 9.05. The number of aromatic nitrogens is 3. The zero-order valence-corrected chi connectivity index (χ0v) is 19.8. The molecule has 2 aliphatic heterocycles. The SMILES string of the molecule is Clc1ccc(-n2c3c/c(=N\C4CCOCC4)c(Nc4cccnc4)cc-3nc3ccccc32)cc1. The van der Waals surface area contributed by atoms with Gasteiger partial charge in [-0.15, -0.1) is 0 Å². The number of nitrogens with zero attached hydrogens (tertiary/aromatic N) is 4. The fraction of sp³-hybridized carbons (Fsp3) is 0.179. The van der Waals surface area contributed by atoms with Crippen molar-refractivity contribution in [2.75, 3.05) is 18.5 Å². The molecule has 35 heavy (non-hydrogen) atoms. The van der Waals surface area contributed by atoms with Crippen molar-refractivity contribution in [2.45, 2.75) is 18.9 Å². The second-order valence-electron chi connectivity index (χ2n) is 8.61. The van der Waals surface area contributed by atoms with Gasteiger partial charge in [0.1, 0.15) is 0 Å².